The number of esters is 1. The summed E-state index contributed by atoms with van der Waals surface area (Å²) in [5, 5.41) is 5.18. The third-order valence-corrected chi connectivity index (χ3v) is 5.27. The van der Waals surface area contributed by atoms with E-state index in [9.17, 15) is 14.0 Å². The molecule has 0 aliphatic rings. The Morgan fingerprint density at radius 3 is 2.48 bits per heavy atom. The number of amides is 1. The zero-order valence-corrected chi connectivity index (χ0v) is 17.1. The number of anilines is 1. The number of thiazole rings is 1. The lowest BCUT2D eigenvalue weighted by molar-refractivity contribution is -0.133. The molecule has 0 atom stereocenters. The minimum Gasteiger partial charge on any atom is -0.426 e. The molecule has 4 rings (SSSR count). The molecule has 0 bridgehead atoms. The summed E-state index contributed by atoms with van der Waals surface area (Å²) in [7, 11) is 0. The van der Waals surface area contributed by atoms with Gasteiger partial charge in [0, 0.05) is 22.2 Å². The quantitative estimate of drug-likeness (QED) is 0.329. The molecule has 0 saturated carbocycles. The third-order valence-electron chi connectivity index (χ3n) is 4.33. The molecule has 1 heterocycles. The van der Waals surface area contributed by atoms with Crippen LogP contribution in [-0.4, -0.2) is 16.9 Å². The second-order valence-corrected chi connectivity index (χ2v) is 7.51. The van der Waals surface area contributed by atoms with Crippen molar-refractivity contribution in [3.8, 4) is 16.3 Å². The van der Waals surface area contributed by atoms with Crippen molar-refractivity contribution in [1.82, 2.24) is 4.98 Å². The van der Waals surface area contributed by atoms with Crippen molar-refractivity contribution in [3.63, 3.8) is 0 Å². The minimum absolute atomic E-state index is 0.00168. The van der Waals surface area contributed by atoms with Crippen LogP contribution in [-0.2, 0) is 11.2 Å². The first kappa shape index (κ1) is 20.4. The number of carbonyl (C=O) groups excluding carboxylic acids is 2. The fraction of sp³-hybridized carbons (Fsp3) is 0.0417. The highest BCUT2D eigenvalue weighted by Crippen LogP contribution is 2.25. The minimum atomic E-state index is -0.461. The predicted octanol–water partition coefficient (Wildman–Crippen LogP) is 5.35. The van der Waals surface area contributed by atoms with Crippen LogP contribution in [0.25, 0.3) is 10.6 Å². The molecule has 31 heavy (non-hydrogen) atoms. The zero-order chi connectivity index (χ0) is 21.6. The maximum absolute atomic E-state index is 13.4. The van der Waals surface area contributed by atoms with E-state index >= 15 is 0 Å². The van der Waals surface area contributed by atoms with E-state index in [0.717, 1.165) is 0 Å². The van der Waals surface area contributed by atoms with Crippen LogP contribution in [0.5, 0.6) is 5.75 Å². The summed E-state index contributed by atoms with van der Waals surface area (Å²) in [5.74, 6) is -0.652. The largest absolute Gasteiger partial charge is 0.426 e. The first-order chi connectivity index (χ1) is 15.1. The summed E-state index contributed by atoms with van der Waals surface area (Å²) in [6.07, 6.45) is -0.00168. The van der Waals surface area contributed by atoms with Gasteiger partial charge in [-0.2, -0.15) is 0 Å². The smallest absolute Gasteiger partial charge is 0.317 e. The van der Waals surface area contributed by atoms with Crippen LogP contribution < -0.4 is 10.1 Å². The van der Waals surface area contributed by atoms with Crippen LogP contribution in [0.15, 0.2) is 84.2 Å². The van der Waals surface area contributed by atoms with Crippen molar-refractivity contribution in [2.24, 2.45) is 0 Å². The van der Waals surface area contributed by atoms with Crippen LogP contribution in [0, 0.1) is 5.82 Å². The fourth-order valence-corrected chi connectivity index (χ4v) is 3.67. The maximum atomic E-state index is 13.4. The van der Waals surface area contributed by atoms with E-state index < -0.39 is 5.97 Å². The topological polar surface area (TPSA) is 68.3 Å². The Hall–Kier alpha value is -3.84. The lowest BCUT2D eigenvalue weighted by atomic mass is 10.2. The molecular formula is C24H17FN2O3S. The standard InChI is InChI=1S/C24H17FN2O3S/c25-18-8-4-7-17(13-18)24-27-20(15-31-24)14-22(28)30-21-11-9-19(10-12-21)26-23(29)16-5-2-1-3-6-16/h1-13,15H,14H2,(H,26,29). The molecule has 0 unspecified atom stereocenters. The molecule has 0 aliphatic heterocycles. The molecule has 0 aliphatic carbocycles. The number of rotatable bonds is 6. The Balaban J connectivity index is 1.33. The van der Waals surface area contributed by atoms with E-state index in [1.807, 2.05) is 6.07 Å². The first-order valence-corrected chi connectivity index (χ1v) is 10.3. The van der Waals surface area contributed by atoms with E-state index in [2.05, 4.69) is 10.3 Å². The van der Waals surface area contributed by atoms with Gasteiger partial charge in [-0.1, -0.05) is 30.3 Å². The molecule has 1 aromatic heterocycles. The zero-order valence-electron chi connectivity index (χ0n) is 16.2. The molecule has 0 saturated heterocycles. The third kappa shape index (κ3) is 5.40. The highest BCUT2D eigenvalue weighted by Gasteiger charge is 2.12. The van der Waals surface area contributed by atoms with Crippen molar-refractivity contribution in [1.29, 1.82) is 0 Å². The van der Waals surface area contributed by atoms with E-state index in [4.69, 9.17) is 4.74 Å². The van der Waals surface area contributed by atoms with Crippen molar-refractivity contribution < 1.29 is 18.7 Å². The van der Waals surface area contributed by atoms with Crippen molar-refractivity contribution in [2.75, 3.05) is 5.32 Å². The summed E-state index contributed by atoms with van der Waals surface area (Å²) in [6, 6.07) is 21.6. The van der Waals surface area contributed by atoms with Crippen LogP contribution in [0.3, 0.4) is 0 Å². The summed E-state index contributed by atoms with van der Waals surface area (Å²) in [5.41, 5.74) is 2.37. The van der Waals surface area contributed by atoms with Gasteiger partial charge in [-0.25, -0.2) is 9.37 Å². The van der Waals surface area contributed by atoms with Gasteiger partial charge in [0.25, 0.3) is 5.91 Å². The van der Waals surface area contributed by atoms with Gasteiger partial charge in [0.05, 0.1) is 12.1 Å². The van der Waals surface area contributed by atoms with Crippen LogP contribution in [0.2, 0.25) is 0 Å². The van der Waals surface area contributed by atoms with E-state index in [1.165, 1.54) is 23.5 Å². The lowest BCUT2D eigenvalue weighted by Crippen LogP contribution is -2.12. The Morgan fingerprint density at radius 2 is 1.74 bits per heavy atom. The second kappa shape index (κ2) is 9.32. The average Bonchev–Trinajstić information content (AvgIpc) is 3.24. The molecule has 3 aromatic carbocycles. The molecule has 4 aromatic rings. The van der Waals surface area contributed by atoms with Gasteiger partial charge in [0.15, 0.2) is 0 Å². The molecule has 0 spiro atoms. The Kier molecular flexibility index (Phi) is 6.14. The normalized spacial score (nSPS) is 10.5. The number of benzene rings is 3. The number of halogens is 1. The van der Waals surface area contributed by atoms with E-state index in [1.54, 1.807) is 66.0 Å². The predicted molar refractivity (Wildman–Crippen MR) is 118 cm³/mol. The molecule has 7 heteroatoms. The Labute approximate surface area is 182 Å². The fourth-order valence-electron chi connectivity index (χ4n) is 2.86. The molecule has 0 radical (unpaired) electrons. The molecule has 1 N–H and O–H groups in total. The molecule has 5 nitrogen and oxygen atoms in total. The highest BCUT2D eigenvalue weighted by atomic mass is 32.1. The van der Waals surface area contributed by atoms with Crippen LogP contribution in [0.1, 0.15) is 16.1 Å². The SMILES string of the molecule is O=C(Cc1csc(-c2cccc(F)c2)n1)Oc1ccc(NC(=O)c2ccccc2)cc1. The monoisotopic (exact) mass is 432 g/mol. The van der Waals surface area contributed by atoms with E-state index in [-0.39, 0.29) is 18.1 Å². The number of nitrogens with one attached hydrogen (secondary N) is 1. The first-order valence-electron chi connectivity index (χ1n) is 9.44. The van der Waals surface area contributed by atoms with Crippen molar-refractivity contribution in [2.45, 2.75) is 6.42 Å². The van der Waals surface area contributed by atoms with Crippen molar-refractivity contribution in [3.05, 3.63) is 101 Å². The number of hydrogen-bond acceptors (Lipinski definition) is 5. The Bertz CT molecular complexity index is 1210. The van der Waals surface area contributed by atoms with Gasteiger partial charge in [-0.05, 0) is 48.5 Å². The summed E-state index contributed by atoms with van der Waals surface area (Å²) < 4.78 is 18.7. The van der Waals surface area contributed by atoms with Gasteiger partial charge < -0.3 is 10.1 Å². The second-order valence-electron chi connectivity index (χ2n) is 6.65. The van der Waals surface area contributed by atoms with Gasteiger partial charge in [-0.3, -0.25) is 9.59 Å². The number of nitrogens with zero attached hydrogens (tertiary/aromatic N) is 1. The molecular weight excluding hydrogens is 415 g/mol. The lowest BCUT2D eigenvalue weighted by Gasteiger charge is -2.07. The summed E-state index contributed by atoms with van der Waals surface area (Å²) >= 11 is 1.34. The van der Waals surface area contributed by atoms with E-state index in [0.29, 0.717) is 33.3 Å². The molecule has 154 valence electrons. The summed E-state index contributed by atoms with van der Waals surface area (Å²) in [4.78, 5) is 28.8. The van der Waals surface area contributed by atoms with Gasteiger partial charge in [0.1, 0.15) is 16.6 Å². The average molecular weight is 432 g/mol. The van der Waals surface area contributed by atoms with Gasteiger partial charge in [0.2, 0.25) is 0 Å². The number of ether oxygens (including phenoxy) is 1. The summed E-state index contributed by atoms with van der Waals surface area (Å²) in [6.45, 7) is 0. The van der Waals surface area contributed by atoms with Crippen LogP contribution >= 0.6 is 11.3 Å². The maximum Gasteiger partial charge on any atom is 0.317 e. The number of aromatic nitrogens is 1. The molecule has 0 fully saturated rings. The van der Waals surface area contributed by atoms with Gasteiger partial charge in [-0.15, -0.1) is 11.3 Å². The number of hydrogen-bond donors (Lipinski definition) is 1. The highest BCUT2D eigenvalue weighted by molar-refractivity contribution is 7.13. The Morgan fingerprint density at radius 1 is 0.968 bits per heavy atom. The number of carbonyl (C=O) groups is 2. The molecule has 1 amide bonds. The van der Waals surface area contributed by atoms with Crippen molar-refractivity contribution >= 4 is 28.9 Å². The van der Waals surface area contributed by atoms with Gasteiger partial charge >= 0.3 is 5.97 Å². The van der Waals surface area contributed by atoms with Crippen LogP contribution in [0.4, 0.5) is 10.1 Å².